The fourth-order valence-electron chi connectivity index (χ4n) is 9.33. The molecule has 1 unspecified atom stereocenters. The Balaban J connectivity index is 0.876. The Bertz CT molecular complexity index is 2130. The van der Waals surface area contributed by atoms with Crippen LogP contribution in [0, 0.1) is 11.3 Å². The van der Waals surface area contributed by atoms with E-state index >= 15 is 0 Å². The van der Waals surface area contributed by atoms with Gasteiger partial charge in [-0.05, 0) is 83.6 Å². The van der Waals surface area contributed by atoms with Gasteiger partial charge in [-0.3, -0.25) is 43.9 Å². The molecule has 3 aromatic rings. The van der Waals surface area contributed by atoms with Crippen molar-refractivity contribution in [3.05, 3.63) is 52.4 Å². The number of thiocarbonyl (C=S) groups is 1. The number of rotatable bonds is 11. The van der Waals surface area contributed by atoms with E-state index in [9.17, 15) is 24.4 Å². The van der Waals surface area contributed by atoms with Gasteiger partial charge in [-0.25, -0.2) is 4.98 Å². The average Bonchev–Trinajstić information content (AvgIpc) is 3.58. The Morgan fingerprint density at radius 1 is 1.11 bits per heavy atom. The number of benzene rings is 1. The molecule has 0 bridgehead atoms. The van der Waals surface area contributed by atoms with Gasteiger partial charge in [-0.2, -0.15) is 10.4 Å². The van der Waals surface area contributed by atoms with Crippen molar-refractivity contribution in [1.29, 1.82) is 5.26 Å². The van der Waals surface area contributed by atoms with Crippen molar-refractivity contribution in [2.45, 2.75) is 108 Å². The highest BCUT2D eigenvalue weighted by molar-refractivity contribution is 7.80. The normalized spacial score (nSPS) is 25.9. The van der Waals surface area contributed by atoms with Gasteiger partial charge in [-0.1, -0.05) is 29.8 Å². The van der Waals surface area contributed by atoms with Crippen LogP contribution in [-0.4, -0.2) is 121 Å². The predicted molar refractivity (Wildman–Crippen MR) is 219 cm³/mol. The zero-order chi connectivity index (χ0) is 40.8. The summed E-state index contributed by atoms with van der Waals surface area (Å²) in [5.74, 6) is -1.10. The van der Waals surface area contributed by atoms with Crippen LogP contribution in [0.25, 0.3) is 10.9 Å². The number of fused-ring (bicyclic) bond motifs is 1. The largest absolute Gasteiger partial charge is 0.377 e. The number of aryl methyl sites for hydroxylation is 1. The number of ether oxygens (including phenoxy) is 1. The number of nitrogens with zero attached hydrogens (tertiary/aromatic N) is 8. The zero-order valence-corrected chi connectivity index (χ0v) is 34.7. The lowest BCUT2D eigenvalue weighted by atomic mass is 9.89. The molecular weight excluding hydrogens is 766 g/mol. The van der Waals surface area contributed by atoms with E-state index in [0.717, 1.165) is 61.8 Å². The number of piperidine rings is 1. The number of carbonyl (C=O) groups is 4. The molecule has 1 aromatic carbocycles. The number of amides is 3. The minimum Gasteiger partial charge on any atom is -0.377 e. The summed E-state index contributed by atoms with van der Waals surface area (Å²) in [6.45, 7) is 11.6. The third kappa shape index (κ3) is 8.07. The second-order valence-corrected chi connectivity index (χ2v) is 17.2. The molecule has 5 heterocycles. The molecule has 0 radical (unpaired) electrons. The molecule has 302 valence electrons. The van der Waals surface area contributed by atoms with E-state index in [1.807, 2.05) is 45.2 Å². The zero-order valence-electron chi connectivity index (χ0n) is 33.2. The number of Topliss-reactive ketones (excluding diaryl/α,β-unsaturated/α-hetero) is 1. The lowest BCUT2D eigenvalue weighted by molar-refractivity contribution is -0.134. The number of nitriles is 1. The van der Waals surface area contributed by atoms with Crippen LogP contribution >= 0.6 is 23.8 Å². The van der Waals surface area contributed by atoms with Crippen molar-refractivity contribution in [1.82, 2.24) is 34.8 Å². The molecule has 3 aliphatic heterocycles. The summed E-state index contributed by atoms with van der Waals surface area (Å²) in [4.78, 5) is 63.9. The van der Waals surface area contributed by atoms with Crippen molar-refractivity contribution in [2.75, 3.05) is 37.7 Å². The lowest BCUT2D eigenvalue weighted by Gasteiger charge is -2.44. The molecule has 14 nitrogen and oxygen atoms in total. The number of para-hydroxylation sites is 1. The monoisotopic (exact) mass is 815 g/mol. The minimum atomic E-state index is -0.841. The average molecular weight is 816 g/mol. The van der Waals surface area contributed by atoms with E-state index in [-0.39, 0.29) is 71.3 Å². The molecule has 3 amide bonds. The standard InChI is InChI=1S/C41H50ClN9O5S/c1-24-21-48(15-16-56-30-11-9-27(10-12-30)51-40(57)50(39(55)41(51,3)4)28-18-33(42)34(19-43)44-20-28)22-25(2)49(24)23-29(52)17-26-7-6-8-31-36(46-47(5)37(26)31)32-13-14-35(53)45-38(32)54/h6-8,18,20,24-25,27,30,32H,9-17,21-23H2,1-5H3,(H,45,53,54)/t24-,25+,27?,30?,32?. The van der Waals surface area contributed by atoms with E-state index in [1.165, 1.54) is 11.1 Å². The Morgan fingerprint density at radius 3 is 2.49 bits per heavy atom. The molecule has 1 aliphatic carbocycles. The number of anilines is 1. The fraction of sp³-hybridized carbons (Fsp3) is 0.561. The summed E-state index contributed by atoms with van der Waals surface area (Å²) >= 11 is 12.1. The van der Waals surface area contributed by atoms with Crippen molar-refractivity contribution in [2.24, 2.45) is 7.05 Å². The highest BCUT2D eigenvalue weighted by Gasteiger charge is 2.52. The number of carbonyl (C=O) groups excluding carboxylic acids is 4. The fourth-order valence-corrected chi connectivity index (χ4v) is 10.1. The maximum absolute atomic E-state index is 13.6. The van der Waals surface area contributed by atoms with E-state index in [2.05, 4.69) is 43.9 Å². The molecule has 1 N–H and O–H groups in total. The van der Waals surface area contributed by atoms with Crippen LogP contribution in [0.3, 0.4) is 0 Å². The van der Waals surface area contributed by atoms with Gasteiger partial charge in [0, 0.05) is 63.0 Å². The molecule has 16 heteroatoms. The highest BCUT2D eigenvalue weighted by atomic mass is 35.5. The molecule has 57 heavy (non-hydrogen) atoms. The van der Waals surface area contributed by atoms with Gasteiger partial charge < -0.3 is 9.64 Å². The van der Waals surface area contributed by atoms with Crippen LogP contribution in [0.15, 0.2) is 30.5 Å². The van der Waals surface area contributed by atoms with Crippen molar-refractivity contribution < 1.29 is 23.9 Å². The van der Waals surface area contributed by atoms with Gasteiger partial charge in [0.05, 0.1) is 53.3 Å². The number of piperazine rings is 1. The lowest BCUT2D eigenvalue weighted by Crippen LogP contribution is -2.58. The first-order valence-corrected chi connectivity index (χ1v) is 20.6. The number of hydrogen-bond donors (Lipinski definition) is 1. The van der Waals surface area contributed by atoms with Crippen LogP contribution in [-0.2, 0) is 37.4 Å². The van der Waals surface area contributed by atoms with Crippen LogP contribution in [0.4, 0.5) is 5.69 Å². The van der Waals surface area contributed by atoms with Crippen LogP contribution in [0.2, 0.25) is 5.02 Å². The summed E-state index contributed by atoms with van der Waals surface area (Å²) in [6, 6.07) is 9.78. The number of aromatic nitrogens is 3. The SMILES string of the molecule is C[C@@H]1CN(CCOC2CCC(N3C(=S)N(c4cnc(C#N)c(Cl)c4)C(=O)C3(C)C)CC2)C[C@H](C)N1CC(=O)Cc1cccc2c(C3CCC(=O)NC3=O)nn(C)c12. The predicted octanol–water partition coefficient (Wildman–Crippen LogP) is 4.26. The van der Waals surface area contributed by atoms with Gasteiger partial charge in [0.25, 0.3) is 5.91 Å². The number of nitrogens with one attached hydrogen (secondary N) is 1. The number of pyridine rings is 1. The Labute approximate surface area is 343 Å². The first-order chi connectivity index (χ1) is 27.2. The van der Waals surface area contributed by atoms with Crippen LogP contribution in [0.1, 0.15) is 89.1 Å². The van der Waals surface area contributed by atoms with Crippen LogP contribution < -0.4 is 10.2 Å². The van der Waals surface area contributed by atoms with Gasteiger partial charge >= 0.3 is 0 Å². The molecule has 0 spiro atoms. The van der Waals surface area contributed by atoms with E-state index in [0.29, 0.717) is 36.1 Å². The maximum Gasteiger partial charge on any atom is 0.258 e. The summed E-state index contributed by atoms with van der Waals surface area (Å²) in [5.41, 5.74) is 2.09. The van der Waals surface area contributed by atoms with Crippen LogP contribution in [0.5, 0.6) is 0 Å². The Morgan fingerprint density at radius 2 is 1.82 bits per heavy atom. The van der Waals surface area contributed by atoms with Gasteiger partial charge in [-0.15, -0.1) is 0 Å². The molecular formula is C41H50ClN9O5S. The third-order valence-corrected chi connectivity index (χ3v) is 12.8. The number of hydrogen-bond acceptors (Lipinski definition) is 11. The minimum absolute atomic E-state index is 0.0907. The summed E-state index contributed by atoms with van der Waals surface area (Å²) in [5, 5.41) is 17.8. The Kier molecular flexibility index (Phi) is 11.8. The molecule has 7 rings (SSSR count). The molecule has 1 saturated carbocycles. The maximum atomic E-state index is 13.6. The summed E-state index contributed by atoms with van der Waals surface area (Å²) < 4.78 is 8.17. The molecule has 3 atom stereocenters. The van der Waals surface area contributed by atoms with Gasteiger partial charge in [0.2, 0.25) is 11.8 Å². The summed E-state index contributed by atoms with van der Waals surface area (Å²) in [7, 11) is 1.83. The smallest absolute Gasteiger partial charge is 0.258 e. The number of imide groups is 1. The number of ketones is 1. The first-order valence-electron chi connectivity index (χ1n) is 19.8. The molecule has 4 aliphatic rings. The topological polar surface area (TPSA) is 157 Å². The van der Waals surface area contributed by atoms with E-state index in [4.69, 9.17) is 28.6 Å². The van der Waals surface area contributed by atoms with Crippen molar-refractivity contribution >= 4 is 69.0 Å². The second kappa shape index (κ2) is 16.5. The van der Waals surface area contributed by atoms with Crippen molar-refractivity contribution in [3.8, 4) is 6.07 Å². The van der Waals surface area contributed by atoms with Gasteiger partial charge in [0.15, 0.2) is 16.6 Å². The summed E-state index contributed by atoms with van der Waals surface area (Å²) in [6.07, 6.45) is 5.99. The number of halogens is 1. The second-order valence-electron chi connectivity index (χ2n) is 16.5. The highest BCUT2D eigenvalue weighted by Crippen LogP contribution is 2.39. The van der Waals surface area contributed by atoms with E-state index < -0.39 is 11.5 Å². The molecule has 3 saturated heterocycles. The molecule has 4 fully saturated rings. The first kappa shape index (κ1) is 40.9. The van der Waals surface area contributed by atoms with E-state index in [1.54, 1.807) is 10.7 Å². The van der Waals surface area contributed by atoms with Gasteiger partial charge in [0.1, 0.15) is 11.6 Å². The molecule has 2 aromatic heterocycles. The third-order valence-electron chi connectivity index (χ3n) is 12.2. The Hall–Kier alpha value is -4.33. The van der Waals surface area contributed by atoms with Crippen molar-refractivity contribution in [3.63, 3.8) is 0 Å². The quantitative estimate of drug-likeness (QED) is 0.217.